The Bertz CT molecular complexity index is 1990. The van der Waals surface area contributed by atoms with Gasteiger partial charge in [-0.3, -0.25) is 4.57 Å². The van der Waals surface area contributed by atoms with Crippen LogP contribution in [0.3, 0.4) is 0 Å². The van der Waals surface area contributed by atoms with Crippen LogP contribution in [0.2, 0.25) is 28.2 Å². The first-order chi connectivity index (χ1) is 22.4. The summed E-state index contributed by atoms with van der Waals surface area (Å²) in [5.41, 5.74) is 3.22. The van der Waals surface area contributed by atoms with Gasteiger partial charge in [0.15, 0.2) is 20.2 Å². The van der Waals surface area contributed by atoms with Crippen molar-refractivity contribution in [2.45, 2.75) is 115 Å². The van der Waals surface area contributed by atoms with Crippen molar-refractivity contribution in [1.82, 2.24) is 19.5 Å². The Labute approximate surface area is 286 Å². The molecule has 5 aromatic rings. The maximum atomic E-state index is 7.33. The molecular formula is C38H50N4O4Si2. The highest BCUT2D eigenvalue weighted by atomic mass is 28.4. The Morgan fingerprint density at radius 2 is 1.46 bits per heavy atom. The van der Waals surface area contributed by atoms with Crippen molar-refractivity contribution in [2.24, 2.45) is 0 Å². The molecule has 4 atom stereocenters. The normalized spacial score (nSPS) is 23.6. The second kappa shape index (κ2) is 11.3. The first-order valence-electron chi connectivity index (χ1n) is 17.2. The molecule has 0 unspecified atom stereocenters. The molecule has 2 saturated heterocycles. The van der Waals surface area contributed by atoms with Crippen molar-refractivity contribution in [3.05, 3.63) is 67.3 Å². The first-order valence-corrected chi connectivity index (χ1v) is 21.9. The van der Waals surface area contributed by atoms with Gasteiger partial charge >= 0.3 is 8.56 Å². The van der Waals surface area contributed by atoms with Gasteiger partial charge in [0.2, 0.25) is 0 Å². The third-order valence-electron chi connectivity index (χ3n) is 10.9. The number of benzene rings is 3. The van der Waals surface area contributed by atoms with Crippen molar-refractivity contribution >= 4 is 49.6 Å². The fourth-order valence-corrected chi connectivity index (χ4v) is 13.8. The van der Waals surface area contributed by atoms with E-state index in [4.69, 9.17) is 33.0 Å². The third-order valence-corrected chi connectivity index (χ3v) is 20.5. The zero-order valence-electron chi connectivity index (χ0n) is 30.3. The fourth-order valence-electron chi connectivity index (χ4n) is 7.52. The summed E-state index contributed by atoms with van der Waals surface area (Å²) < 4.78 is 30.4. The highest BCUT2D eigenvalue weighted by Gasteiger charge is 2.66. The van der Waals surface area contributed by atoms with Gasteiger partial charge < -0.3 is 18.0 Å². The van der Waals surface area contributed by atoms with Crippen LogP contribution < -0.4 is 0 Å². The third kappa shape index (κ3) is 5.36. The molecule has 2 aromatic heterocycles. The molecule has 0 saturated carbocycles. The minimum absolute atomic E-state index is 0.00285. The average molecular weight is 683 g/mol. The minimum Gasteiger partial charge on any atom is -0.407 e. The molecule has 8 nitrogen and oxygen atoms in total. The molecule has 10 heteroatoms. The lowest BCUT2D eigenvalue weighted by Crippen LogP contribution is -2.66. The Balaban J connectivity index is 1.31. The summed E-state index contributed by atoms with van der Waals surface area (Å²) in [6.07, 6.45) is 2.06. The summed E-state index contributed by atoms with van der Waals surface area (Å²) in [5, 5.41) is 4.46. The second-order valence-electron chi connectivity index (χ2n) is 17.2. The van der Waals surface area contributed by atoms with Crippen molar-refractivity contribution in [3.8, 4) is 11.3 Å². The highest BCUT2D eigenvalue weighted by Crippen LogP contribution is 2.56. The lowest BCUT2D eigenvalue weighted by atomic mass is 10.0. The van der Waals surface area contributed by atoms with Crippen molar-refractivity contribution in [2.75, 3.05) is 6.61 Å². The smallest absolute Gasteiger partial charge is 0.349 e. The predicted molar refractivity (Wildman–Crippen MR) is 198 cm³/mol. The van der Waals surface area contributed by atoms with Crippen LogP contribution in [0.1, 0.15) is 68.5 Å². The van der Waals surface area contributed by atoms with Crippen LogP contribution in [0.25, 0.3) is 44.0 Å². The number of nitrogens with zero attached hydrogens (tertiary/aromatic N) is 4. The molecule has 0 amide bonds. The molecule has 2 aliphatic heterocycles. The molecule has 3 aromatic carbocycles. The Hall–Kier alpha value is -3.00. The Kier molecular flexibility index (Phi) is 7.86. The van der Waals surface area contributed by atoms with Gasteiger partial charge in [0.25, 0.3) is 0 Å². The van der Waals surface area contributed by atoms with Gasteiger partial charge in [-0.2, -0.15) is 0 Å². The number of rotatable bonds is 4. The summed E-state index contributed by atoms with van der Waals surface area (Å²) in [6.45, 7) is 25.4. The van der Waals surface area contributed by atoms with Crippen LogP contribution in [-0.2, 0) is 18.0 Å². The van der Waals surface area contributed by atoms with Gasteiger partial charge in [-0.15, -0.1) is 0 Å². The summed E-state index contributed by atoms with van der Waals surface area (Å²) >= 11 is 0. The van der Waals surface area contributed by atoms with E-state index < -0.39 is 23.1 Å². The summed E-state index contributed by atoms with van der Waals surface area (Å²) in [4.78, 5) is 14.5. The highest BCUT2D eigenvalue weighted by molar-refractivity contribution is 6.74. The SMILES string of the molecule is CC(C)(C)[Si](C)(C)O[C@@H]1[C@@H]2O[Si](C(C)(C)C)(C(C)(C)C)OC[C@H]2O[C@H]1n1cnc2c(-c3ccc4cc5ccccc5cc4c3)ncnc21. The lowest BCUT2D eigenvalue weighted by molar-refractivity contribution is -0.0795. The van der Waals surface area contributed by atoms with E-state index in [1.807, 2.05) is 10.9 Å². The Morgan fingerprint density at radius 1 is 0.812 bits per heavy atom. The molecule has 254 valence electrons. The van der Waals surface area contributed by atoms with Gasteiger partial charge in [-0.05, 0) is 57.9 Å². The first kappa shape index (κ1) is 33.5. The topological polar surface area (TPSA) is 80.5 Å². The van der Waals surface area contributed by atoms with Crippen LogP contribution >= 0.6 is 0 Å². The van der Waals surface area contributed by atoms with Gasteiger partial charge in [0, 0.05) is 15.6 Å². The van der Waals surface area contributed by atoms with Crippen LogP contribution in [0.4, 0.5) is 0 Å². The predicted octanol–water partition coefficient (Wildman–Crippen LogP) is 9.55. The van der Waals surface area contributed by atoms with Gasteiger partial charge in [-0.1, -0.05) is 98.7 Å². The van der Waals surface area contributed by atoms with E-state index in [1.165, 1.54) is 16.2 Å². The molecule has 0 bridgehead atoms. The minimum atomic E-state index is -2.79. The van der Waals surface area contributed by atoms with E-state index in [9.17, 15) is 0 Å². The number of aromatic nitrogens is 4. The summed E-state index contributed by atoms with van der Waals surface area (Å²) in [7, 11) is -5.06. The van der Waals surface area contributed by atoms with Crippen LogP contribution in [0.5, 0.6) is 0 Å². The van der Waals surface area contributed by atoms with Gasteiger partial charge in [0.05, 0.1) is 12.9 Å². The number of hydrogen-bond acceptors (Lipinski definition) is 7. The van der Waals surface area contributed by atoms with Crippen LogP contribution in [0.15, 0.2) is 67.3 Å². The summed E-state index contributed by atoms with van der Waals surface area (Å²) in [5.74, 6) is 0. The molecule has 4 heterocycles. The lowest BCUT2D eigenvalue weighted by Gasteiger charge is -2.54. The standard InChI is InChI=1S/C38H50N4O4Si2/c1-36(2,3)47(10,11)45-33-32-29(21-43-48(46-32,37(4,5)6)38(7,8)9)44-35(33)42-23-41-31-30(39-22-40-34(31)42)27-17-16-26-18-24-14-12-13-15-25(24)19-28(26)20-27/h12-20,22-23,29,32-33,35H,21H2,1-11H3/t29-,32-,33-,35-/m1/s1. The fraction of sp³-hybridized carbons (Fsp3) is 0.500. The maximum absolute atomic E-state index is 7.33. The number of hydrogen-bond donors (Lipinski definition) is 0. The van der Waals surface area contributed by atoms with E-state index in [-0.39, 0.29) is 33.4 Å². The largest absolute Gasteiger partial charge is 0.407 e. The molecule has 0 spiro atoms. The van der Waals surface area contributed by atoms with Gasteiger partial charge in [0.1, 0.15) is 35.8 Å². The molecule has 2 fully saturated rings. The molecule has 7 rings (SSSR count). The zero-order chi connectivity index (χ0) is 34.4. The molecule has 0 aliphatic carbocycles. The number of ether oxygens (including phenoxy) is 1. The molecule has 0 N–H and O–H groups in total. The monoisotopic (exact) mass is 682 g/mol. The van der Waals surface area contributed by atoms with E-state index in [0.29, 0.717) is 12.3 Å². The quantitative estimate of drug-likeness (QED) is 0.138. The molecule has 2 aliphatic rings. The number of fused-ring (bicyclic) bond motifs is 4. The number of imidazole rings is 1. The van der Waals surface area contributed by atoms with E-state index in [1.54, 1.807) is 6.33 Å². The summed E-state index contributed by atoms with van der Waals surface area (Å²) in [6, 6.07) is 19.4. The van der Waals surface area contributed by atoms with Crippen molar-refractivity contribution < 1.29 is 18.0 Å². The van der Waals surface area contributed by atoms with E-state index >= 15 is 0 Å². The molecule has 0 radical (unpaired) electrons. The van der Waals surface area contributed by atoms with Gasteiger partial charge in [-0.25, -0.2) is 15.0 Å². The van der Waals surface area contributed by atoms with Crippen LogP contribution in [0, 0.1) is 0 Å². The zero-order valence-corrected chi connectivity index (χ0v) is 32.3. The molecular weight excluding hydrogens is 633 g/mol. The van der Waals surface area contributed by atoms with E-state index in [2.05, 4.69) is 130 Å². The second-order valence-corrected chi connectivity index (χ2v) is 26.7. The molecule has 48 heavy (non-hydrogen) atoms. The van der Waals surface area contributed by atoms with Crippen LogP contribution in [-0.4, -0.2) is 61.3 Å². The van der Waals surface area contributed by atoms with Crippen molar-refractivity contribution in [3.63, 3.8) is 0 Å². The maximum Gasteiger partial charge on any atom is 0.349 e. The Morgan fingerprint density at radius 3 is 2.10 bits per heavy atom. The average Bonchev–Trinajstić information content (AvgIpc) is 3.58. The van der Waals surface area contributed by atoms with Crippen molar-refractivity contribution in [1.29, 1.82) is 0 Å². The van der Waals surface area contributed by atoms with E-state index in [0.717, 1.165) is 22.2 Å².